The molecule has 1 aromatic rings. The lowest BCUT2D eigenvalue weighted by atomic mass is 9.88. The summed E-state index contributed by atoms with van der Waals surface area (Å²) in [4.78, 5) is 5.28. The predicted octanol–water partition coefficient (Wildman–Crippen LogP) is 4.01. The van der Waals surface area contributed by atoms with Crippen LogP contribution in [0.4, 0.5) is 0 Å². The van der Waals surface area contributed by atoms with Crippen molar-refractivity contribution in [1.29, 1.82) is 0 Å². The molecule has 6 heteroatoms. The molecule has 1 aromatic carbocycles. The minimum absolute atomic E-state index is 0.273. The highest BCUT2D eigenvalue weighted by atomic mass is 35.5. The number of halogens is 1. The van der Waals surface area contributed by atoms with E-state index in [2.05, 4.69) is 9.30 Å². The Morgan fingerprint density at radius 2 is 1.88 bits per heavy atom. The third kappa shape index (κ3) is 4.99. The third-order valence-electron chi connectivity index (χ3n) is 4.40. The highest BCUT2D eigenvalue weighted by molar-refractivity contribution is 8.01. The summed E-state index contributed by atoms with van der Waals surface area (Å²) >= 11 is 7.59. The predicted molar refractivity (Wildman–Crippen MR) is 104 cm³/mol. The molecule has 1 atom stereocenters. The van der Waals surface area contributed by atoms with E-state index in [0.29, 0.717) is 5.02 Å². The number of benzene rings is 1. The van der Waals surface area contributed by atoms with Crippen LogP contribution in [0.15, 0.2) is 39.9 Å². The van der Waals surface area contributed by atoms with E-state index < -0.39 is 6.10 Å². The van der Waals surface area contributed by atoms with Crippen molar-refractivity contribution in [3.05, 3.63) is 45.5 Å². The van der Waals surface area contributed by atoms with E-state index in [1.165, 1.54) is 0 Å². The van der Waals surface area contributed by atoms with Gasteiger partial charge in [0.05, 0.1) is 11.0 Å². The highest BCUT2D eigenvalue weighted by Gasteiger charge is 2.27. The molecular weight excluding hydrogens is 342 g/mol. The van der Waals surface area contributed by atoms with E-state index in [1.54, 1.807) is 19.0 Å². The fourth-order valence-corrected chi connectivity index (χ4v) is 4.01. The number of nitrogens with two attached hydrogens (primary N) is 1. The highest BCUT2D eigenvalue weighted by Crippen LogP contribution is 2.35. The number of allylic oxidation sites excluding steroid dienone is 2. The molecule has 0 radical (unpaired) electrons. The maximum absolute atomic E-state index is 10.6. The summed E-state index contributed by atoms with van der Waals surface area (Å²) in [5.41, 5.74) is 8.70. The first-order valence-corrected chi connectivity index (χ1v) is 9.34. The van der Waals surface area contributed by atoms with E-state index in [0.717, 1.165) is 47.8 Å². The summed E-state index contributed by atoms with van der Waals surface area (Å²) in [6, 6.07) is 7.49. The van der Waals surface area contributed by atoms with Gasteiger partial charge in [-0.15, -0.1) is 0 Å². The van der Waals surface area contributed by atoms with Gasteiger partial charge >= 0.3 is 0 Å². The lowest BCUT2D eigenvalue weighted by molar-refractivity contribution is 0.0779. The zero-order valence-electron chi connectivity index (χ0n) is 14.5. The molecular formula is C18H26ClN3OS. The first kappa shape index (κ1) is 19.3. The van der Waals surface area contributed by atoms with Crippen molar-refractivity contribution in [3.8, 4) is 0 Å². The van der Waals surface area contributed by atoms with Crippen LogP contribution in [-0.2, 0) is 0 Å². The summed E-state index contributed by atoms with van der Waals surface area (Å²) in [6.07, 6.45) is 1.48. The molecule has 0 amide bonds. The van der Waals surface area contributed by atoms with E-state index in [-0.39, 0.29) is 5.92 Å². The molecule has 4 nitrogen and oxygen atoms in total. The molecule has 0 saturated carbocycles. The monoisotopic (exact) mass is 367 g/mol. The van der Waals surface area contributed by atoms with Crippen molar-refractivity contribution in [3.63, 3.8) is 0 Å². The standard InChI is InChI=1S/C18H26ClN3OS/c1-12(20)18(13(2)21-3)24-22-10-8-15(9-11-22)17(23)14-4-6-16(19)7-5-14/h4-7,15,17,23H,8-11,20H2,1-3H3/b18-12+,21-13?. The topological polar surface area (TPSA) is 61.8 Å². The molecule has 1 fully saturated rings. The Hall–Kier alpha value is -1.01. The SMILES string of the molecule is CN=C(C)/C(SN1CCC(C(O)c2ccc(Cl)cc2)CC1)=C(/C)N. The van der Waals surface area contributed by atoms with Crippen LogP contribution in [0.1, 0.15) is 38.4 Å². The normalized spacial score (nSPS) is 20.0. The molecule has 132 valence electrons. The van der Waals surface area contributed by atoms with Gasteiger partial charge in [0.15, 0.2) is 0 Å². The molecule has 2 rings (SSSR count). The summed E-state index contributed by atoms with van der Waals surface area (Å²) in [7, 11) is 1.79. The number of aliphatic imine (C=N–C) groups is 1. The molecule has 1 heterocycles. The molecule has 1 saturated heterocycles. The van der Waals surface area contributed by atoms with Gasteiger partial charge in [0, 0.05) is 36.6 Å². The summed E-state index contributed by atoms with van der Waals surface area (Å²) < 4.78 is 2.31. The zero-order chi connectivity index (χ0) is 17.7. The van der Waals surface area contributed by atoms with Crippen molar-refractivity contribution in [2.45, 2.75) is 32.8 Å². The molecule has 1 aliphatic rings. The second kappa shape index (κ2) is 8.90. The average molecular weight is 368 g/mol. The van der Waals surface area contributed by atoms with Crippen LogP contribution in [0.5, 0.6) is 0 Å². The first-order valence-electron chi connectivity index (χ1n) is 8.19. The lowest BCUT2D eigenvalue weighted by Gasteiger charge is -2.34. The second-order valence-electron chi connectivity index (χ2n) is 6.18. The number of piperidine rings is 1. The fraction of sp³-hybridized carbons (Fsp3) is 0.500. The molecule has 0 aliphatic carbocycles. The van der Waals surface area contributed by atoms with Crippen LogP contribution in [0.25, 0.3) is 0 Å². The van der Waals surface area contributed by atoms with Crippen LogP contribution >= 0.6 is 23.5 Å². The number of nitrogens with zero attached hydrogens (tertiary/aromatic N) is 2. The minimum Gasteiger partial charge on any atom is -0.401 e. The van der Waals surface area contributed by atoms with Gasteiger partial charge < -0.3 is 10.8 Å². The van der Waals surface area contributed by atoms with Crippen LogP contribution in [0.2, 0.25) is 5.02 Å². The number of hydrogen-bond acceptors (Lipinski definition) is 5. The van der Waals surface area contributed by atoms with Gasteiger partial charge in [0.2, 0.25) is 0 Å². The number of rotatable bonds is 5. The van der Waals surface area contributed by atoms with Crippen molar-refractivity contribution < 1.29 is 5.11 Å². The fourth-order valence-electron chi connectivity index (χ4n) is 2.87. The summed E-state index contributed by atoms with van der Waals surface area (Å²) in [6.45, 7) is 5.74. The van der Waals surface area contributed by atoms with Crippen molar-refractivity contribution >= 4 is 29.3 Å². The van der Waals surface area contributed by atoms with Gasteiger partial charge in [0.25, 0.3) is 0 Å². The number of aliphatic hydroxyl groups excluding tert-OH is 1. The Morgan fingerprint density at radius 1 is 1.29 bits per heavy atom. The van der Waals surface area contributed by atoms with Crippen molar-refractivity contribution in [2.24, 2.45) is 16.6 Å². The van der Waals surface area contributed by atoms with Crippen LogP contribution in [0.3, 0.4) is 0 Å². The van der Waals surface area contributed by atoms with E-state index in [1.807, 2.05) is 38.1 Å². The molecule has 3 N–H and O–H groups in total. The van der Waals surface area contributed by atoms with Crippen molar-refractivity contribution in [2.75, 3.05) is 20.1 Å². The van der Waals surface area contributed by atoms with Gasteiger partial charge in [-0.25, -0.2) is 4.31 Å². The molecule has 1 unspecified atom stereocenters. The summed E-state index contributed by atoms with van der Waals surface area (Å²) in [5.74, 6) is 0.273. The average Bonchev–Trinajstić information content (AvgIpc) is 2.59. The smallest absolute Gasteiger partial charge is 0.0819 e. The second-order valence-corrected chi connectivity index (χ2v) is 7.72. The van der Waals surface area contributed by atoms with Gasteiger partial charge in [0.1, 0.15) is 0 Å². The molecule has 0 aromatic heterocycles. The molecule has 0 bridgehead atoms. The van der Waals surface area contributed by atoms with E-state index in [9.17, 15) is 5.11 Å². The largest absolute Gasteiger partial charge is 0.401 e. The Balaban J connectivity index is 1.93. The quantitative estimate of drug-likeness (QED) is 0.609. The van der Waals surface area contributed by atoms with Gasteiger partial charge in [-0.2, -0.15) is 0 Å². The van der Waals surface area contributed by atoms with E-state index in [4.69, 9.17) is 17.3 Å². The lowest BCUT2D eigenvalue weighted by Crippen LogP contribution is -2.32. The van der Waals surface area contributed by atoms with Crippen LogP contribution < -0.4 is 5.73 Å². The minimum atomic E-state index is -0.431. The molecule has 1 aliphatic heterocycles. The van der Waals surface area contributed by atoms with Crippen LogP contribution in [0, 0.1) is 5.92 Å². The van der Waals surface area contributed by atoms with Gasteiger partial charge in [-0.3, -0.25) is 4.99 Å². The van der Waals surface area contributed by atoms with E-state index >= 15 is 0 Å². The van der Waals surface area contributed by atoms with Gasteiger partial charge in [-0.1, -0.05) is 23.7 Å². The Bertz CT molecular complexity index is 603. The van der Waals surface area contributed by atoms with Crippen molar-refractivity contribution in [1.82, 2.24) is 4.31 Å². The maximum Gasteiger partial charge on any atom is 0.0819 e. The molecule has 24 heavy (non-hydrogen) atoms. The Kier molecular flexibility index (Phi) is 7.16. The first-order chi connectivity index (χ1) is 11.4. The third-order valence-corrected chi connectivity index (χ3v) is 6.07. The molecule has 0 spiro atoms. The number of hydrogen-bond donors (Lipinski definition) is 2. The maximum atomic E-state index is 10.6. The Labute approximate surface area is 153 Å². The Morgan fingerprint density at radius 3 is 2.38 bits per heavy atom. The summed E-state index contributed by atoms with van der Waals surface area (Å²) in [5, 5.41) is 11.3. The zero-order valence-corrected chi connectivity index (χ0v) is 16.1. The van der Waals surface area contributed by atoms with Crippen LogP contribution in [-0.4, -0.2) is 35.3 Å². The van der Waals surface area contributed by atoms with Gasteiger partial charge in [-0.05, 0) is 62.3 Å². The number of aliphatic hydroxyl groups is 1.